The van der Waals surface area contributed by atoms with Gasteiger partial charge in [-0.1, -0.05) is 67.2 Å². The van der Waals surface area contributed by atoms with Gasteiger partial charge < -0.3 is 26.8 Å². The van der Waals surface area contributed by atoms with E-state index in [0.717, 1.165) is 24.0 Å². The first kappa shape index (κ1) is 26.6. The molecule has 1 heterocycles. The van der Waals surface area contributed by atoms with E-state index in [-0.39, 0.29) is 17.7 Å². The van der Waals surface area contributed by atoms with Crippen LogP contribution in [-0.4, -0.2) is 53.6 Å². The van der Waals surface area contributed by atoms with Crippen molar-refractivity contribution in [2.24, 2.45) is 5.73 Å². The van der Waals surface area contributed by atoms with Gasteiger partial charge >= 0.3 is 0 Å². The number of benzene rings is 2. The number of phenolic OH excluding ortho intramolecular Hbond substituents is 1. The lowest BCUT2D eigenvalue weighted by molar-refractivity contribution is 0.0948. The van der Waals surface area contributed by atoms with E-state index in [1.807, 2.05) is 29.7 Å². The van der Waals surface area contributed by atoms with Gasteiger partial charge in [-0.2, -0.15) is 4.98 Å². The molecule has 37 heavy (non-hydrogen) atoms. The average molecular weight is 500 g/mol. The van der Waals surface area contributed by atoms with Crippen LogP contribution < -0.4 is 27.1 Å². The van der Waals surface area contributed by atoms with Crippen molar-refractivity contribution in [2.45, 2.75) is 64.1 Å². The molecule has 0 unspecified atom stereocenters. The van der Waals surface area contributed by atoms with E-state index in [9.17, 15) is 9.90 Å². The van der Waals surface area contributed by atoms with Crippen molar-refractivity contribution in [1.82, 2.24) is 14.9 Å². The number of nitrogens with one attached hydrogen (secondary N) is 3. The number of rotatable bonds is 11. The molecular weight excluding hydrogens is 463 g/mol. The van der Waals surface area contributed by atoms with Gasteiger partial charge in [-0.25, -0.2) is 0 Å². The maximum Gasteiger partial charge on any atom is 0.271 e. The first-order valence-corrected chi connectivity index (χ1v) is 13.2. The van der Waals surface area contributed by atoms with Crippen LogP contribution in [0, 0.1) is 0 Å². The molecule has 1 fully saturated rings. The predicted molar refractivity (Wildman–Crippen MR) is 150 cm³/mol. The third-order valence-electron chi connectivity index (χ3n) is 6.76. The van der Waals surface area contributed by atoms with Crippen molar-refractivity contribution in [3.63, 3.8) is 0 Å². The van der Waals surface area contributed by atoms with Crippen molar-refractivity contribution in [3.8, 4) is 5.75 Å². The summed E-state index contributed by atoms with van der Waals surface area (Å²) in [5.74, 6) is 0.963. The summed E-state index contributed by atoms with van der Waals surface area (Å²) in [5.41, 5.74) is 9.20. The van der Waals surface area contributed by atoms with Crippen LogP contribution in [0.1, 0.15) is 60.6 Å². The number of hydrogen-bond acceptors (Lipinski definition) is 6. The third-order valence-corrected chi connectivity index (χ3v) is 6.76. The maximum absolute atomic E-state index is 13.3. The molecule has 0 bridgehead atoms. The number of amides is 1. The van der Waals surface area contributed by atoms with Gasteiger partial charge in [0.25, 0.3) is 5.91 Å². The molecule has 6 N–H and O–H groups in total. The van der Waals surface area contributed by atoms with Gasteiger partial charge in [0.1, 0.15) is 13.6 Å². The Morgan fingerprint density at radius 2 is 1.92 bits per heavy atom. The molecule has 1 aliphatic carbocycles. The summed E-state index contributed by atoms with van der Waals surface area (Å²) < 4.78 is 1.90. The van der Waals surface area contributed by atoms with Crippen LogP contribution in [0.15, 0.2) is 48.5 Å². The van der Waals surface area contributed by atoms with Crippen LogP contribution in [0.4, 0.5) is 11.8 Å². The number of phenols is 1. The number of hydrogen-bond donors (Lipinski definition) is 5. The molecule has 2 aromatic carbocycles. The van der Waals surface area contributed by atoms with Gasteiger partial charge in [-0.3, -0.25) is 9.36 Å². The van der Waals surface area contributed by atoms with E-state index < -0.39 is 0 Å². The third kappa shape index (κ3) is 7.07. The van der Waals surface area contributed by atoms with Gasteiger partial charge in [0.15, 0.2) is 11.5 Å². The number of nitrogens with zero attached hydrogens (tertiary/aromatic N) is 2. The largest absolute Gasteiger partial charge is 0.509 e. The van der Waals surface area contributed by atoms with Crippen LogP contribution in [0.2, 0.25) is 0 Å². The topological polar surface area (TPSA) is 117 Å². The Labute approximate surface area is 220 Å². The summed E-state index contributed by atoms with van der Waals surface area (Å²) in [6.45, 7) is 3.22. The quantitative estimate of drug-likeness (QED) is 0.259. The highest BCUT2D eigenvalue weighted by Crippen LogP contribution is 2.27. The number of carbonyl (C=O) groups is 1. The smallest absolute Gasteiger partial charge is 0.271 e. The van der Waals surface area contributed by atoms with Crippen LogP contribution in [0.25, 0.3) is 0 Å². The monoisotopic (exact) mass is 500 g/mol. The highest BCUT2D eigenvalue weighted by Gasteiger charge is 2.25. The second-order valence-electron chi connectivity index (χ2n) is 9.78. The second-order valence-corrected chi connectivity index (χ2v) is 9.78. The van der Waals surface area contributed by atoms with Crippen LogP contribution >= 0.6 is 0 Å². The number of carbonyl (C=O) groups excluding carboxylic acids is 1. The Balaban J connectivity index is 1.64. The molecule has 3 aromatic rings. The van der Waals surface area contributed by atoms with Crippen molar-refractivity contribution in [2.75, 3.05) is 23.7 Å². The fourth-order valence-corrected chi connectivity index (χ4v) is 4.85. The number of nitrogens with two attached hydrogens (primary N) is 1. The molecule has 1 saturated carbocycles. The summed E-state index contributed by atoms with van der Waals surface area (Å²) in [6.07, 6.45) is 6.45. The minimum atomic E-state index is -0.211. The van der Waals surface area contributed by atoms with Gasteiger partial charge in [0.2, 0.25) is 5.95 Å². The van der Waals surface area contributed by atoms with E-state index in [1.165, 1.54) is 19.3 Å². The van der Waals surface area contributed by atoms with Gasteiger partial charge in [0, 0.05) is 25.2 Å². The molecule has 4 rings (SSSR count). The predicted octanol–water partition coefficient (Wildman–Crippen LogP) is 2.91. The van der Waals surface area contributed by atoms with Crippen molar-refractivity contribution >= 4 is 31.0 Å². The fraction of sp³-hybridized carbons (Fsp3) is 0.429. The van der Waals surface area contributed by atoms with Crippen molar-refractivity contribution in [3.05, 3.63) is 65.4 Å². The summed E-state index contributed by atoms with van der Waals surface area (Å²) in [4.78, 5) is 18.2. The Hall–Kier alpha value is -3.46. The molecule has 8 nitrogen and oxygen atoms in total. The number of aromatic nitrogens is 2. The Morgan fingerprint density at radius 1 is 1.16 bits per heavy atom. The zero-order valence-corrected chi connectivity index (χ0v) is 21.5. The molecule has 1 aliphatic rings. The molecule has 1 amide bonds. The Kier molecular flexibility index (Phi) is 9.11. The number of imidazole rings is 1. The summed E-state index contributed by atoms with van der Waals surface area (Å²) in [7, 11) is 5.96. The summed E-state index contributed by atoms with van der Waals surface area (Å²) >= 11 is 0. The van der Waals surface area contributed by atoms with Crippen LogP contribution in [0.5, 0.6) is 5.75 Å². The zero-order valence-electron chi connectivity index (χ0n) is 21.5. The lowest BCUT2D eigenvalue weighted by Gasteiger charge is -2.24. The highest BCUT2D eigenvalue weighted by atomic mass is 16.3. The van der Waals surface area contributed by atoms with E-state index in [0.29, 0.717) is 55.0 Å². The molecule has 0 aliphatic heterocycles. The van der Waals surface area contributed by atoms with E-state index in [4.69, 9.17) is 18.6 Å². The Morgan fingerprint density at radius 3 is 2.62 bits per heavy atom. The van der Waals surface area contributed by atoms with Crippen LogP contribution in [0.3, 0.4) is 0 Å². The fourth-order valence-electron chi connectivity index (χ4n) is 4.85. The normalized spacial score (nSPS) is 14.8. The molecular formula is C28H37BN6O2. The lowest BCUT2D eigenvalue weighted by Crippen LogP contribution is -2.32. The van der Waals surface area contributed by atoms with Gasteiger partial charge in [-0.15, -0.1) is 0 Å². The number of anilines is 2. The second kappa shape index (κ2) is 12.7. The average Bonchev–Trinajstić information content (AvgIpc) is 3.23. The van der Waals surface area contributed by atoms with E-state index in [2.05, 4.69) is 28.1 Å². The van der Waals surface area contributed by atoms with E-state index in [1.54, 1.807) is 18.2 Å². The molecule has 1 atom stereocenters. The van der Waals surface area contributed by atoms with Crippen LogP contribution in [-0.2, 0) is 13.0 Å². The maximum atomic E-state index is 13.3. The molecule has 0 saturated heterocycles. The van der Waals surface area contributed by atoms with Gasteiger partial charge in [-0.05, 0) is 43.4 Å². The molecule has 1 aromatic heterocycles. The molecule has 9 heteroatoms. The van der Waals surface area contributed by atoms with E-state index >= 15 is 0 Å². The number of aromatic hydroxyl groups is 1. The standard InChI is InChI=1S/C28H37BN6O2/c1-2-31-27(37)25-26(32-17-21(30)15-19-9-5-3-6-10-19)34-28(33-22-11-7-4-8-12-22)35(25)18-20-13-14-24(36)23(29)16-20/h3,5-6,9-10,13-14,16,21-22,32,36H,2,4,7-8,11-12,15,17-18,30H2,1H3,(H,31,37)(H,33,34)/t21-/m1/s1. The summed E-state index contributed by atoms with van der Waals surface area (Å²) in [6, 6.07) is 15.4. The minimum Gasteiger partial charge on any atom is -0.509 e. The molecule has 194 valence electrons. The highest BCUT2D eigenvalue weighted by molar-refractivity contribution is 6.34. The van der Waals surface area contributed by atoms with Crippen molar-refractivity contribution in [1.29, 1.82) is 0 Å². The Bertz CT molecular complexity index is 1180. The first-order valence-electron chi connectivity index (χ1n) is 13.2. The van der Waals surface area contributed by atoms with Gasteiger partial charge in [0.05, 0.1) is 6.54 Å². The SMILES string of the molecule is [B]c1cc(Cn2c(NC3CCCCC3)nc(NC[C@H](N)Cc3ccccc3)c2C(=O)NCC)ccc1O. The first-order chi connectivity index (χ1) is 17.9. The van der Waals surface area contributed by atoms with Crippen molar-refractivity contribution < 1.29 is 9.90 Å². The summed E-state index contributed by atoms with van der Waals surface area (Å²) in [5, 5.41) is 19.8. The molecule has 0 spiro atoms. The lowest BCUT2D eigenvalue weighted by atomic mass is 9.93. The minimum absolute atomic E-state index is 0.0358. The molecule has 2 radical (unpaired) electrons. The zero-order chi connectivity index (χ0) is 26.2.